The molecule has 0 aliphatic carbocycles. The topological polar surface area (TPSA) is 52.6 Å². The third kappa shape index (κ3) is 3.23. The number of likely N-dealkylation sites (tertiary alicyclic amines) is 1. The molecule has 2 amide bonds. The maximum Gasteiger partial charge on any atom is 0.321 e. The van der Waals surface area contributed by atoms with Crippen LogP contribution in [0.4, 0.5) is 10.5 Å². The molecule has 0 atom stereocenters. The summed E-state index contributed by atoms with van der Waals surface area (Å²) in [5.74, 6) is 0. The summed E-state index contributed by atoms with van der Waals surface area (Å²) in [4.78, 5) is 13.8. The van der Waals surface area contributed by atoms with Crippen LogP contribution < -0.4 is 5.32 Å². The van der Waals surface area contributed by atoms with Gasteiger partial charge in [-0.05, 0) is 44.4 Å². The Kier molecular flexibility index (Phi) is 3.57. The average molecular weight is 248 g/mol. The number of nitrogens with zero attached hydrogens (tertiary/aromatic N) is 1. The van der Waals surface area contributed by atoms with E-state index < -0.39 is 5.60 Å². The lowest BCUT2D eigenvalue weighted by atomic mass is 9.94. The summed E-state index contributed by atoms with van der Waals surface area (Å²) in [6, 6.07) is 7.65. The third-order valence-corrected chi connectivity index (χ3v) is 3.40. The largest absolute Gasteiger partial charge is 0.390 e. The van der Waals surface area contributed by atoms with Gasteiger partial charge >= 0.3 is 6.03 Å². The zero-order valence-electron chi connectivity index (χ0n) is 10.9. The highest BCUT2D eigenvalue weighted by atomic mass is 16.3. The van der Waals surface area contributed by atoms with E-state index >= 15 is 0 Å². The molecular formula is C14H20N2O2. The number of carbonyl (C=O) groups is 1. The number of aliphatic hydroxyl groups is 1. The molecule has 2 rings (SSSR count). The summed E-state index contributed by atoms with van der Waals surface area (Å²) in [5, 5.41) is 12.7. The quantitative estimate of drug-likeness (QED) is 0.801. The SMILES string of the molecule is Cc1cccc(NC(=O)N2CCC(C)(O)CC2)c1. The molecule has 0 radical (unpaired) electrons. The van der Waals surface area contributed by atoms with Gasteiger partial charge in [0.15, 0.2) is 0 Å². The van der Waals surface area contributed by atoms with Gasteiger partial charge in [-0.15, -0.1) is 0 Å². The number of rotatable bonds is 1. The van der Waals surface area contributed by atoms with E-state index in [4.69, 9.17) is 0 Å². The second kappa shape index (κ2) is 4.98. The van der Waals surface area contributed by atoms with Gasteiger partial charge in [-0.1, -0.05) is 12.1 Å². The number of aryl methyl sites for hydroxylation is 1. The van der Waals surface area contributed by atoms with Crippen LogP contribution >= 0.6 is 0 Å². The van der Waals surface area contributed by atoms with Gasteiger partial charge < -0.3 is 15.3 Å². The Morgan fingerprint density at radius 1 is 1.39 bits per heavy atom. The van der Waals surface area contributed by atoms with Crippen molar-refractivity contribution in [3.05, 3.63) is 29.8 Å². The third-order valence-electron chi connectivity index (χ3n) is 3.40. The number of nitrogens with one attached hydrogen (secondary N) is 1. The van der Waals surface area contributed by atoms with E-state index in [-0.39, 0.29) is 6.03 Å². The van der Waals surface area contributed by atoms with Crippen LogP contribution in [0.15, 0.2) is 24.3 Å². The first-order valence-electron chi connectivity index (χ1n) is 6.31. The highest BCUT2D eigenvalue weighted by Gasteiger charge is 2.29. The number of hydrogen-bond acceptors (Lipinski definition) is 2. The van der Waals surface area contributed by atoms with Crippen LogP contribution in [0.1, 0.15) is 25.3 Å². The second-order valence-electron chi connectivity index (χ2n) is 5.28. The van der Waals surface area contributed by atoms with Crippen molar-refractivity contribution in [2.75, 3.05) is 18.4 Å². The number of amides is 2. The van der Waals surface area contributed by atoms with Gasteiger partial charge in [-0.2, -0.15) is 0 Å². The van der Waals surface area contributed by atoms with Crippen LogP contribution in [0.2, 0.25) is 0 Å². The van der Waals surface area contributed by atoms with Crippen LogP contribution in [0, 0.1) is 6.92 Å². The normalized spacial score (nSPS) is 18.5. The number of carbonyl (C=O) groups excluding carboxylic acids is 1. The van der Waals surface area contributed by atoms with Crippen molar-refractivity contribution in [2.45, 2.75) is 32.3 Å². The molecule has 1 fully saturated rings. The zero-order chi connectivity index (χ0) is 13.2. The Labute approximate surface area is 108 Å². The molecule has 1 aliphatic heterocycles. The summed E-state index contributed by atoms with van der Waals surface area (Å²) in [7, 11) is 0. The molecule has 4 heteroatoms. The van der Waals surface area contributed by atoms with Gasteiger partial charge in [-0.3, -0.25) is 0 Å². The Morgan fingerprint density at radius 2 is 2.06 bits per heavy atom. The van der Waals surface area contributed by atoms with Crippen molar-refractivity contribution >= 4 is 11.7 Å². The first kappa shape index (κ1) is 12.9. The summed E-state index contributed by atoms with van der Waals surface area (Å²) >= 11 is 0. The van der Waals surface area contributed by atoms with E-state index in [1.807, 2.05) is 38.1 Å². The van der Waals surface area contributed by atoms with Crippen molar-refractivity contribution in [3.63, 3.8) is 0 Å². The summed E-state index contributed by atoms with van der Waals surface area (Å²) in [5.41, 5.74) is 1.31. The van der Waals surface area contributed by atoms with Crippen molar-refractivity contribution < 1.29 is 9.90 Å². The minimum absolute atomic E-state index is 0.0869. The maximum atomic E-state index is 12.0. The van der Waals surface area contributed by atoms with Crippen molar-refractivity contribution in [2.24, 2.45) is 0 Å². The lowest BCUT2D eigenvalue weighted by Crippen LogP contribution is -2.46. The number of hydrogen-bond donors (Lipinski definition) is 2. The maximum absolute atomic E-state index is 12.0. The number of anilines is 1. The molecular weight excluding hydrogens is 228 g/mol. The molecule has 1 aromatic rings. The fourth-order valence-electron chi connectivity index (χ4n) is 2.12. The minimum Gasteiger partial charge on any atom is -0.390 e. The molecule has 0 spiro atoms. The van der Waals surface area contributed by atoms with Crippen LogP contribution in [0.5, 0.6) is 0 Å². The molecule has 0 unspecified atom stereocenters. The molecule has 1 heterocycles. The van der Waals surface area contributed by atoms with Gasteiger partial charge in [0, 0.05) is 18.8 Å². The van der Waals surface area contributed by atoms with Crippen LogP contribution in [-0.4, -0.2) is 34.7 Å². The summed E-state index contributed by atoms with van der Waals surface area (Å²) < 4.78 is 0. The van der Waals surface area contributed by atoms with Crippen LogP contribution in [0.3, 0.4) is 0 Å². The molecule has 0 aromatic heterocycles. The van der Waals surface area contributed by atoms with E-state index in [1.54, 1.807) is 4.90 Å². The molecule has 0 saturated carbocycles. The Morgan fingerprint density at radius 3 is 2.67 bits per heavy atom. The Hall–Kier alpha value is -1.55. The van der Waals surface area contributed by atoms with E-state index in [1.165, 1.54) is 0 Å². The lowest BCUT2D eigenvalue weighted by molar-refractivity contribution is 0.00570. The summed E-state index contributed by atoms with van der Waals surface area (Å²) in [6.45, 7) is 5.02. The standard InChI is InChI=1S/C14H20N2O2/c1-11-4-3-5-12(10-11)15-13(17)16-8-6-14(2,18)7-9-16/h3-5,10,18H,6-9H2,1-2H3,(H,15,17). The minimum atomic E-state index is -0.625. The number of urea groups is 1. The predicted molar refractivity (Wildman–Crippen MR) is 71.6 cm³/mol. The number of benzene rings is 1. The smallest absolute Gasteiger partial charge is 0.321 e. The first-order chi connectivity index (χ1) is 8.46. The fraction of sp³-hybridized carbons (Fsp3) is 0.500. The van der Waals surface area contributed by atoms with Gasteiger partial charge in [0.2, 0.25) is 0 Å². The molecule has 0 bridgehead atoms. The van der Waals surface area contributed by atoms with Crippen molar-refractivity contribution in [3.8, 4) is 0 Å². The molecule has 18 heavy (non-hydrogen) atoms. The zero-order valence-corrected chi connectivity index (χ0v) is 10.9. The average Bonchev–Trinajstić information content (AvgIpc) is 2.28. The second-order valence-corrected chi connectivity index (χ2v) is 5.28. The van der Waals surface area contributed by atoms with Crippen LogP contribution in [0.25, 0.3) is 0 Å². The van der Waals surface area contributed by atoms with Crippen molar-refractivity contribution in [1.82, 2.24) is 4.90 Å². The highest BCUT2D eigenvalue weighted by Crippen LogP contribution is 2.21. The molecule has 4 nitrogen and oxygen atoms in total. The van der Waals surface area contributed by atoms with E-state index in [9.17, 15) is 9.90 Å². The molecule has 1 aliphatic rings. The molecule has 98 valence electrons. The van der Waals surface area contributed by atoms with E-state index in [0.29, 0.717) is 25.9 Å². The predicted octanol–water partition coefficient (Wildman–Crippen LogP) is 2.37. The Balaban J connectivity index is 1.93. The first-order valence-corrected chi connectivity index (χ1v) is 6.31. The fourth-order valence-corrected chi connectivity index (χ4v) is 2.12. The van der Waals surface area contributed by atoms with Gasteiger partial charge in [0.25, 0.3) is 0 Å². The van der Waals surface area contributed by atoms with E-state index in [0.717, 1.165) is 11.3 Å². The van der Waals surface area contributed by atoms with Crippen LogP contribution in [-0.2, 0) is 0 Å². The number of piperidine rings is 1. The van der Waals surface area contributed by atoms with Gasteiger partial charge in [-0.25, -0.2) is 4.79 Å². The lowest BCUT2D eigenvalue weighted by Gasteiger charge is -2.35. The highest BCUT2D eigenvalue weighted by molar-refractivity contribution is 5.89. The summed E-state index contributed by atoms with van der Waals surface area (Å²) in [6.07, 6.45) is 1.27. The van der Waals surface area contributed by atoms with E-state index in [2.05, 4.69) is 5.32 Å². The monoisotopic (exact) mass is 248 g/mol. The Bertz CT molecular complexity index is 433. The molecule has 1 aromatic carbocycles. The molecule has 1 saturated heterocycles. The van der Waals surface area contributed by atoms with Crippen molar-refractivity contribution in [1.29, 1.82) is 0 Å². The van der Waals surface area contributed by atoms with Gasteiger partial charge in [0.1, 0.15) is 0 Å². The van der Waals surface area contributed by atoms with Gasteiger partial charge in [0.05, 0.1) is 5.60 Å². The molecule has 2 N–H and O–H groups in total.